The third-order valence-electron chi connectivity index (χ3n) is 0.957. The minimum Gasteiger partial charge on any atom is -0.389 e. The number of rotatable bonds is 6. The molecule has 0 spiro atoms. The number of aliphatic hydroxyl groups is 1. The summed E-state index contributed by atoms with van der Waals surface area (Å²) in [4.78, 5) is 4.22. The van der Waals surface area contributed by atoms with Gasteiger partial charge in [0.05, 0.1) is 12.7 Å². The van der Waals surface area contributed by atoms with Crippen LogP contribution in [0.15, 0.2) is 12.7 Å². The summed E-state index contributed by atoms with van der Waals surface area (Å²) in [6.07, 6.45) is 1.18. The molecule has 4 N–H and O–H groups in total. The van der Waals surface area contributed by atoms with Crippen LogP contribution in [0.1, 0.15) is 0 Å². The lowest BCUT2D eigenvalue weighted by Crippen LogP contribution is -2.31. The van der Waals surface area contributed by atoms with Crippen LogP contribution in [0.2, 0.25) is 0 Å². The smallest absolute Gasteiger partial charge is 0.0951 e. The molecule has 0 aromatic carbocycles. The van der Waals surface area contributed by atoms with Gasteiger partial charge < -0.3 is 15.3 Å². The van der Waals surface area contributed by atoms with E-state index in [-0.39, 0.29) is 31.4 Å². The van der Waals surface area contributed by atoms with Crippen molar-refractivity contribution in [1.29, 1.82) is 0 Å². The van der Waals surface area contributed by atoms with Gasteiger partial charge in [-0.1, -0.05) is 6.08 Å². The zero-order valence-electron chi connectivity index (χ0n) is 6.73. The van der Waals surface area contributed by atoms with Crippen molar-refractivity contribution >= 4 is 24.8 Å². The first-order valence-electron chi connectivity index (χ1n) is 3.12. The van der Waals surface area contributed by atoms with Gasteiger partial charge in [-0.2, -0.15) is 0 Å². The summed E-state index contributed by atoms with van der Waals surface area (Å²) < 4.78 is 0. The van der Waals surface area contributed by atoms with Crippen molar-refractivity contribution in [2.24, 2.45) is 5.90 Å². The van der Waals surface area contributed by atoms with E-state index in [0.29, 0.717) is 13.1 Å². The SMILES string of the molecule is C=CCNCC(O)CON.Cl.Cl. The van der Waals surface area contributed by atoms with Crippen LogP contribution in [0.25, 0.3) is 0 Å². The lowest BCUT2D eigenvalue weighted by atomic mass is 10.4. The van der Waals surface area contributed by atoms with Gasteiger partial charge in [0.1, 0.15) is 0 Å². The number of hydrogen-bond donors (Lipinski definition) is 3. The third kappa shape index (κ3) is 12.8. The molecule has 6 heteroatoms. The van der Waals surface area contributed by atoms with Crippen LogP contribution in [0.3, 0.4) is 0 Å². The van der Waals surface area contributed by atoms with E-state index in [9.17, 15) is 0 Å². The molecular weight excluding hydrogens is 203 g/mol. The van der Waals surface area contributed by atoms with E-state index in [2.05, 4.69) is 16.7 Å². The molecular formula is C6H16Cl2N2O2. The Morgan fingerprint density at radius 3 is 2.58 bits per heavy atom. The first-order valence-corrected chi connectivity index (χ1v) is 3.12. The number of nitrogens with two attached hydrogens (primary N) is 1. The van der Waals surface area contributed by atoms with Gasteiger partial charge in [0.2, 0.25) is 0 Å². The maximum Gasteiger partial charge on any atom is 0.0951 e. The molecule has 0 radical (unpaired) electrons. The minimum absolute atomic E-state index is 0. The molecule has 0 heterocycles. The molecule has 0 aromatic rings. The fourth-order valence-electron chi connectivity index (χ4n) is 0.522. The van der Waals surface area contributed by atoms with Crippen molar-refractivity contribution in [3.8, 4) is 0 Å². The Morgan fingerprint density at radius 1 is 1.58 bits per heavy atom. The van der Waals surface area contributed by atoms with Crippen LogP contribution >= 0.6 is 24.8 Å². The number of aliphatic hydroxyl groups excluding tert-OH is 1. The number of hydrogen-bond acceptors (Lipinski definition) is 4. The molecule has 0 aliphatic rings. The second kappa shape index (κ2) is 13.7. The Hall–Kier alpha value is 0.160. The van der Waals surface area contributed by atoms with Crippen LogP contribution in [0.5, 0.6) is 0 Å². The van der Waals surface area contributed by atoms with E-state index in [1.54, 1.807) is 6.08 Å². The predicted octanol–water partition coefficient (Wildman–Crippen LogP) is -0.143. The topological polar surface area (TPSA) is 67.5 Å². The van der Waals surface area contributed by atoms with Gasteiger partial charge in [-0.05, 0) is 0 Å². The standard InChI is InChI=1S/C6H14N2O2.2ClH/c1-2-3-8-4-6(9)5-10-7;;/h2,6,8-9H,1,3-5,7H2;2*1H. The number of nitrogens with one attached hydrogen (secondary N) is 1. The average Bonchev–Trinajstić information content (AvgIpc) is 1.89. The molecule has 1 unspecified atom stereocenters. The highest BCUT2D eigenvalue weighted by molar-refractivity contribution is 5.85. The van der Waals surface area contributed by atoms with Crippen molar-refractivity contribution < 1.29 is 9.94 Å². The fraction of sp³-hybridized carbons (Fsp3) is 0.667. The molecule has 76 valence electrons. The molecule has 0 bridgehead atoms. The summed E-state index contributed by atoms with van der Waals surface area (Å²) in [5, 5.41) is 11.9. The lowest BCUT2D eigenvalue weighted by molar-refractivity contribution is 0.0374. The molecule has 0 aliphatic carbocycles. The van der Waals surface area contributed by atoms with Crippen molar-refractivity contribution in [1.82, 2.24) is 5.32 Å². The monoisotopic (exact) mass is 218 g/mol. The molecule has 0 fully saturated rings. The largest absolute Gasteiger partial charge is 0.389 e. The van der Waals surface area contributed by atoms with E-state index in [4.69, 9.17) is 11.0 Å². The normalized spacial score (nSPS) is 10.8. The minimum atomic E-state index is -0.537. The second-order valence-electron chi connectivity index (χ2n) is 1.93. The van der Waals surface area contributed by atoms with Crippen LogP contribution in [-0.4, -0.2) is 30.9 Å². The Morgan fingerprint density at radius 2 is 2.17 bits per heavy atom. The van der Waals surface area contributed by atoms with Crippen molar-refractivity contribution in [3.05, 3.63) is 12.7 Å². The lowest BCUT2D eigenvalue weighted by Gasteiger charge is -2.07. The Balaban J connectivity index is -0.000000405. The summed E-state index contributed by atoms with van der Waals surface area (Å²) in [6, 6.07) is 0. The zero-order valence-corrected chi connectivity index (χ0v) is 8.37. The summed E-state index contributed by atoms with van der Waals surface area (Å²) in [6.45, 7) is 4.82. The fourth-order valence-corrected chi connectivity index (χ4v) is 0.522. The molecule has 4 nitrogen and oxygen atoms in total. The summed E-state index contributed by atoms with van der Waals surface area (Å²) in [7, 11) is 0. The van der Waals surface area contributed by atoms with Gasteiger partial charge in [-0.15, -0.1) is 31.4 Å². The average molecular weight is 219 g/mol. The van der Waals surface area contributed by atoms with Crippen molar-refractivity contribution in [2.75, 3.05) is 19.7 Å². The number of halogens is 2. The highest BCUT2D eigenvalue weighted by Crippen LogP contribution is 1.78. The quantitative estimate of drug-likeness (QED) is 0.330. The van der Waals surface area contributed by atoms with E-state index in [1.165, 1.54) is 0 Å². The first kappa shape index (κ1) is 18.0. The zero-order chi connectivity index (χ0) is 7.82. The van der Waals surface area contributed by atoms with Crippen LogP contribution in [0.4, 0.5) is 0 Å². The second-order valence-corrected chi connectivity index (χ2v) is 1.93. The van der Waals surface area contributed by atoms with Crippen molar-refractivity contribution in [3.63, 3.8) is 0 Å². The highest BCUT2D eigenvalue weighted by atomic mass is 35.5. The van der Waals surface area contributed by atoms with Gasteiger partial charge in [0.25, 0.3) is 0 Å². The van der Waals surface area contributed by atoms with Gasteiger partial charge in [-0.25, -0.2) is 5.90 Å². The third-order valence-corrected chi connectivity index (χ3v) is 0.957. The molecule has 0 aliphatic heterocycles. The van der Waals surface area contributed by atoms with E-state index < -0.39 is 6.10 Å². The molecule has 0 saturated heterocycles. The van der Waals surface area contributed by atoms with Crippen LogP contribution in [0, 0.1) is 0 Å². The van der Waals surface area contributed by atoms with Crippen molar-refractivity contribution in [2.45, 2.75) is 6.10 Å². The van der Waals surface area contributed by atoms with Gasteiger partial charge >= 0.3 is 0 Å². The van der Waals surface area contributed by atoms with Gasteiger partial charge in [-0.3, -0.25) is 0 Å². The highest BCUT2D eigenvalue weighted by Gasteiger charge is 2.00. The predicted molar refractivity (Wildman–Crippen MR) is 53.7 cm³/mol. The Bertz CT molecular complexity index is 95.6. The van der Waals surface area contributed by atoms with Gasteiger partial charge in [0.15, 0.2) is 0 Å². The van der Waals surface area contributed by atoms with Crippen LogP contribution in [-0.2, 0) is 4.84 Å². The van der Waals surface area contributed by atoms with Gasteiger partial charge in [0, 0.05) is 13.1 Å². The van der Waals surface area contributed by atoms with Crippen LogP contribution < -0.4 is 11.2 Å². The first-order chi connectivity index (χ1) is 4.81. The summed E-state index contributed by atoms with van der Waals surface area (Å²) in [5.74, 6) is 4.73. The molecule has 0 aromatic heterocycles. The molecule has 1 atom stereocenters. The molecule has 0 rings (SSSR count). The molecule has 0 amide bonds. The summed E-state index contributed by atoms with van der Waals surface area (Å²) in [5.41, 5.74) is 0. The maximum atomic E-state index is 8.97. The Labute approximate surface area is 84.9 Å². The molecule has 12 heavy (non-hydrogen) atoms. The molecule has 0 saturated carbocycles. The van der Waals surface area contributed by atoms with E-state index in [1.807, 2.05) is 0 Å². The van der Waals surface area contributed by atoms with E-state index >= 15 is 0 Å². The Kier molecular flexibility index (Phi) is 20.7. The maximum absolute atomic E-state index is 8.97. The van der Waals surface area contributed by atoms with E-state index in [0.717, 1.165) is 0 Å². The summed E-state index contributed by atoms with van der Waals surface area (Å²) >= 11 is 0.